The third-order valence-corrected chi connectivity index (χ3v) is 4.87. The number of amides is 2. The molecule has 0 saturated heterocycles. The second-order valence-electron chi connectivity index (χ2n) is 5.33. The van der Waals surface area contributed by atoms with Crippen LogP contribution in [0.3, 0.4) is 0 Å². The summed E-state index contributed by atoms with van der Waals surface area (Å²) in [5.74, 6) is -0.700. The molecule has 0 spiro atoms. The number of nitrogens with one attached hydrogen (secondary N) is 3. The number of thiophene rings is 1. The van der Waals surface area contributed by atoms with Crippen LogP contribution in [0, 0.1) is 6.92 Å². The number of aromatic nitrogens is 2. The number of carbonyl (C=O) groups is 2. The zero-order chi connectivity index (χ0) is 17.8. The Morgan fingerprint density at radius 2 is 2.12 bits per heavy atom. The summed E-state index contributed by atoms with van der Waals surface area (Å²) < 4.78 is 0.941. The lowest BCUT2D eigenvalue weighted by atomic mass is 10.2. The van der Waals surface area contributed by atoms with Crippen LogP contribution in [0.2, 0.25) is 0 Å². The van der Waals surface area contributed by atoms with E-state index in [4.69, 9.17) is 0 Å². The quantitative estimate of drug-likeness (QED) is 0.591. The third-order valence-electron chi connectivity index (χ3n) is 3.47. The molecule has 1 aromatic carbocycles. The lowest BCUT2D eigenvalue weighted by Gasteiger charge is -2.09. The minimum absolute atomic E-state index is 0.129. The van der Waals surface area contributed by atoms with Crippen molar-refractivity contribution in [3.8, 4) is 10.6 Å². The highest BCUT2D eigenvalue weighted by molar-refractivity contribution is 9.10. The molecular formula is C17H15BrN4O2S. The second kappa shape index (κ2) is 7.62. The molecular weight excluding hydrogens is 404 g/mol. The van der Waals surface area contributed by atoms with E-state index in [1.54, 1.807) is 23.5 Å². The van der Waals surface area contributed by atoms with E-state index in [0.29, 0.717) is 5.69 Å². The van der Waals surface area contributed by atoms with Gasteiger partial charge in [0.05, 0.1) is 17.1 Å². The van der Waals surface area contributed by atoms with E-state index in [1.807, 2.05) is 36.6 Å². The number of rotatable bonds is 5. The molecule has 128 valence electrons. The average molecular weight is 419 g/mol. The maximum absolute atomic E-state index is 12.1. The Bertz CT molecular complexity index is 905. The summed E-state index contributed by atoms with van der Waals surface area (Å²) in [7, 11) is 0. The highest BCUT2D eigenvalue weighted by Crippen LogP contribution is 2.23. The summed E-state index contributed by atoms with van der Waals surface area (Å²) in [6.07, 6.45) is 0. The fraction of sp³-hybridized carbons (Fsp3) is 0.118. The number of nitrogens with zero attached hydrogens (tertiary/aromatic N) is 1. The molecule has 0 bridgehead atoms. The predicted molar refractivity (Wildman–Crippen MR) is 102 cm³/mol. The number of hydrogen-bond donors (Lipinski definition) is 3. The summed E-state index contributed by atoms with van der Waals surface area (Å²) >= 11 is 4.93. The number of hydrogen-bond acceptors (Lipinski definition) is 4. The zero-order valence-corrected chi connectivity index (χ0v) is 15.7. The molecule has 0 aliphatic heterocycles. The van der Waals surface area contributed by atoms with Gasteiger partial charge in [0, 0.05) is 10.2 Å². The molecule has 0 atom stereocenters. The Labute approximate surface area is 156 Å². The smallest absolute Gasteiger partial charge is 0.272 e. The van der Waals surface area contributed by atoms with Crippen molar-refractivity contribution < 1.29 is 9.59 Å². The Kier molecular flexibility index (Phi) is 5.30. The zero-order valence-electron chi connectivity index (χ0n) is 13.3. The van der Waals surface area contributed by atoms with Gasteiger partial charge in [0.2, 0.25) is 5.91 Å². The van der Waals surface area contributed by atoms with Crippen molar-refractivity contribution >= 4 is 44.8 Å². The first-order valence-corrected chi connectivity index (χ1v) is 9.13. The van der Waals surface area contributed by atoms with E-state index < -0.39 is 5.91 Å². The van der Waals surface area contributed by atoms with Crippen LogP contribution in [0.25, 0.3) is 10.6 Å². The molecule has 0 aliphatic rings. The van der Waals surface area contributed by atoms with Gasteiger partial charge >= 0.3 is 0 Å². The number of H-pyrrole nitrogens is 1. The molecule has 0 unspecified atom stereocenters. The highest BCUT2D eigenvalue weighted by Gasteiger charge is 2.13. The van der Waals surface area contributed by atoms with Crippen molar-refractivity contribution in [2.24, 2.45) is 0 Å². The van der Waals surface area contributed by atoms with Crippen LogP contribution >= 0.6 is 27.3 Å². The van der Waals surface area contributed by atoms with Gasteiger partial charge in [-0.05, 0) is 48.2 Å². The largest absolute Gasteiger partial charge is 0.342 e. The molecule has 6 nitrogen and oxygen atoms in total. The first-order chi connectivity index (χ1) is 12.0. The van der Waals surface area contributed by atoms with E-state index in [9.17, 15) is 9.59 Å². The SMILES string of the molecule is Cc1cc(Br)ccc1NC(=O)CNC(=O)c1cc(-c2cccs2)[nH]n1. The van der Waals surface area contributed by atoms with Gasteiger partial charge in [0.15, 0.2) is 5.69 Å². The Morgan fingerprint density at radius 1 is 1.28 bits per heavy atom. The standard InChI is InChI=1S/C17H15BrN4O2S/c1-10-7-11(18)4-5-12(10)20-16(23)9-19-17(24)14-8-13(21-22-14)15-3-2-6-25-15/h2-8H,9H2,1H3,(H,19,24)(H,20,23)(H,21,22). The Hall–Kier alpha value is -2.45. The van der Waals surface area contributed by atoms with E-state index in [0.717, 1.165) is 20.6 Å². The van der Waals surface area contributed by atoms with Crippen LogP contribution in [0.15, 0.2) is 46.3 Å². The summed E-state index contributed by atoms with van der Waals surface area (Å²) in [6.45, 7) is 1.77. The minimum atomic E-state index is -0.401. The average Bonchev–Trinajstić information content (AvgIpc) is 3.26. The van der Waals surface area contributed by atoms with E-state index in [1.165, 1.54) is 0 Å². The van der Waals surface area contributed by atoms with Gasteiger partial charge in [-0.1, -0.05) is 22.0 Å². The number of aromatic amines is 1. The number of aryl methyl sites for hydroxylation is 1. The summed E-state index contributed by atoms with van der Waals surface area (Å²) in [4.78, 5) is 25.1. The van der Waals surface area contributed by atoms with Crippen LogP contribution in [-0.4, -0.2) is 28.6 Å². The molecule has 0 saturated carbocycles. The fourth-order valence-electron chi connectivity index (χ4n) is 2.21. The molecule has 2 heterocycles. The van der Waals surface area contributed by atoms with Gasteiger partial charge in [-0.2, -0.15) is 5.10 Å². The summed E-state index contributed by atoms with van der Waals surface area (Å²) in [5, 5.41) is 14.1. The van der Waals surface area contributed by atoms with Crippen LogP contribution < -0.4 is 10.6 Å². The maximum Gasteiger partial charge on any atom is 0.272 e. The van der Waals surface area contributed by atoms with Crippen molar-refractivity contribution in [1.82, 2.24) is 15.5 Å². The minimum Gasteiger partial charge on any atom is -0.342 e. The first kappa shape index (κ1) is 17.4. The molecule has 2 aromatic heterocycles. The normalized spacial score (nSPS) is 10.5. The van der Waals surface area contributed by atoms with Crippen molar-refractivity contribution in [3.63, 3.8) is 0 Å². The van der Waals surface area contributed by atoms with Gasteiger partial charge in [-0.15, -0.1) is 11.3 Å². The summed E-state index contributed by atoms with van der Waals surface area (Å²) in [5.41, 5.74) is 2.66. The maximum atomic E-state index is 12.1. The van der Waals surface area contributed by atoms with Crippen LogP contribution in [-0.2, 0) is 4.79 Å². The molecule has 8 heteroatoms. The topological polar surface area (TPSA) is 86.9 Å². The second-order valence-corrected chi connectivity index (χ2v) is 7.20. The number of carbonyl (C=O) groups excluding carboxylic acids is 2. The lowest BCUT2D eigenvalue weighted by Crippen LogP contribution is -2.33. The molecule has 0 aliphatic carbocycles. The Morgan fingerprint density at radius 3 is 2.84 bits per heavy atom. The molecule has 25 heavy (non-hydrogen) atoms. The van der Waals surface area contributed by atoms with Crippen molar-refractivity contribution in [3.05, 3.63) is 57.5 Å². The number of halogens is 1. The van der Waals surface area contributed by atoms with E-state index in [-0.39, 0.29) is 18.1 Å². The molecule has 3 rings (SSSR count). The molecule has 3 aromatic rings. The van der Waals surface area contributed by atoms with Crippen LogP contribution in [0.5, 0.6) is 0 Å². The molecule has 0 fully saturated rings. The Balaban J connectivity index is 1.56. The summed E-state index contributed by atoms with van der Waals surface area (Å²) in [6, 6.07) is 11.1. The molecule has 3 N–H and O–H groups in total. The van der Waals surface area contributed by atoms with Crippen molar-refractivity contribution in [2.75, 3.05) is 11.9 Å². The van der Waals surface area contributed by atoms with Gasteiger partial charge in [-0.3, -0.25) is 14.7 Å². The van der Waals surface area contributed by atoms with Crippen molar-refractivity contribution in [1.29, 1.82) is 0 Å². The van der Waals surface area contributed by atoms with Gasteiger partial charge in [0.25, 0.3) is 5.91 Å². The van der Waals surface area contributed by atoms with Crippen LogP contribution in [0.4, 0.5) is 5.69 Å². The molecule has 2 amide bonds. The third kappa shape index (κ3) is 4.34. The van der Waals surface area contributed by atoms with Crippen molar-refractivity contribution in [2.45, 2.75) is 6.92 Å². The monoisotopic (exact) mass is 418 g/mol. The predicted octanol–water partition coefficient (Wildman–Crippen LogP) is 3.58. The van der Waals surface area contributed by atoms with Crippen LogP contribution in [0.1, 0.15) is 16.1 Å². The number of benzene rings is 1. The first-order valence-electron chi connectivity index (χ1n) is 7.46. The number of anilines is 1. The van der Waals surface area contributed by atoms with Gasteiger partial charge < -0.3 is 10.6 Å². The fourth-order valence-corrected chi connectivity index (χ4v) is 3.38. The van der Waals surface area contributed by atoms with E-state index in [2.05, 4.69) is 36.8 Å². The molecule has 0 radical (unpaired) electrons. The van der Waals surface area contributed by atoms with E-state index >= 15 is 0 Å². The lowest BCUT2D eigenvalue weighted by molar-refractivity contribution is -0.115. The highest BCUT2D eigenvalue weighted by atomic mass is 79.9. The van der Waals surface area contributed by atoms with Gasteiger partial charge in [0.1, 0.15) is 0 Å². The van der Waals surface area contributed by atoms with Gasteiger partial charge in [-0.25, -0.2) is 0 Å².